The molecule has 3 N–H and O–H groups in total. The van der Waals surface area contributed by atoms with Crippen molar-refractivity contribution in [3.8, 4) is 23.3 Å². The zero-order valence-electron chi connectivity index (χ0n) is 20.1. The summed E-state index contributed by atoms with van der Waals surface area (Å²) in [4.78, 5) is 16.9. The van der Waals surface area contributed by atoms with E-state index in [4.69, 9.17) is 5.73 Å². The van der Waals surface area contributed by atoms with Crippen molar-refractivity contribution in [2.75, 3.05) is 16.8 Å². The Balaban J connectivity index is 1.52. The van der Waals surface area contributed by atoms with E-state index in [9.17, 15) is 15.3 Å². The molecule has 0 bridgehead atoms. The van der Waals surface area contributed by atoms with Crippen LogP contribution in [0.4, 0.5) is 11.5 Å². The van der Waals surface area contributed by atoms with Crippen LogP contribution in [-0.2, 0) is 4.79 Å². The van der Waals surface area contributed by atoms with Crippen molar-refractivity contribution in [2.24, 2.45) is 0 Å². The molecule has 1 heterocycles. The molecule has 0 saturated carbocycles. The molecule has 0 fully saturated rings. The Morgan fingerprint density at radius 2 is 1.69 bits per heavy atom. The highest BCUT2D eigenvalue weighted by molar-refractivity contribution is 7.99. The number of fused-ring (bicyclic) bond motifs is 1. The van der Waals surface area contributed by atoms with E-state index in [-0.39, 0.29) is 29.3 Å². The van der Waals surface area contributed by atoms with E-state index < -0.39 is 0 Å². The van der Waals surface area contributed by atoms with Gasteiger partial charge in [0.1, 0.15) is 28.5 Å². The van der Waals surface area contributed by atoms with Crippen LogP contribution in [0.3, 0.4) is 0 Å². The largest absolute Gasteiger partial charge is 0.383 e. The summed E-state index contributed by atoms with van der Waals surface area (Å²) in [5.41, 5.74) is 9.69. The van der Waals surface area contributed by atoms with Crippen LogP contribution in [0.1, 0.15) is 42.9 Å². The summed E-state index contributed by atoms with van der Waals surface area (Å²) in [6.07, 6.45) is 0.225. The number of amides is 1. The number of pyridine rings is 1. The van der Waals surface area contributed by atoms with Crippen LogP contribution < -0.4 is 11.1 Å². The van der Waals surface area contributed by atoms with Gasteiger partial charge in [-0.1, -0.05) is 68.4 Å². The summed E-state index contributed by atoms with van der Waals surface area (Å²) < 4.78 is 0. The van der Waals surface area contributed by atoms with E-state index in [0.29, 0.717) is 22.3 Å². The lowest BCUT2D eigenvalue weighted by atomic mass is 9.94. The normalized spacial score (nSPS) is 10.7. The van der Waals surface area contributed by atoms with E-state index in [1.165, 1.54) is 11.8 Å². The first-order valence-electron chi connectivity index (χ1n) is 11.6. The van der Waals surface area contributed by atoms with Crippen molar-refractivity contribution >= 4 is 39.9 Å². The van der Waals surface area contributed by atoms with Gasteiger partial charge in [-0.05, 0) is 39.9 Å². The molecular formula is C29H25N5OS. The Labute approximate surface area is 214 Å². The zero-order valence-corrected chi connectivity index (χ0v) is 20.9. The molecule has 178 valence electrons. The zero-order chi connectivity index (χ0) is 25.7. The average molecular weight is 492 g/mol. The van der Waals surface area contributed by atoms with Crippen LogP contribution in [0, 0.1) is 22.7 Å². The topological polar surface area (TPSA) is 116 Å². The summed E-state index contributed by atoms with van der Waals surface area (Å²) >= 11 is 1.28. The van der Waals surface area contributed by atoms with E-state index in [1.807, 2.05) is 66.7 Å². The number of anilines is 2. The molecule has 0 radical (unpaired) electrons. The minimum absolute atomic E-state index is 0.0718. The number of carbonyl (C=O) groups excluding carboxylic acids is 1. The maximum absolute atomic E-state index is 12.6. The number of aromatic nitrogens is 1. The van der Waals surface area contributed by atoms with Crippen molar-refractivity contribution in [3.05, 3.63) is 83.4 Å². The van der Waals surface area contributed by atoms with Gasteiger partial charge >= 0.3 is 0 Å². The van der Waals surface area contributed by atoms with Gasteiger partial charge in [0.15, 0.2) is 0 Å². The fourth-order valence-electron chi connectivity index (χ4n) is 3.96. The molecule has 0 unspecified atom stereocenters. The van der Waals surface area contributed by atoms with Crippen LogP contribution >= 0.6 is 11.8 Å². The first-order valence-corrected chi connectivity index (χ1v) is 12.5. The molecule has 3 aromatic carbocycles. The highest BCUT2D eigenvalue weighted by Crippen LogP contribution is 2.36. The second-order valence-corrected chi connectivity index (χ2v) is 9.72. The van der Waals surface area contributed by atoms with Crippen LogP contribution in [0.5, 0.6) is 0 Å². The van der Waals surface area contributed by atoms with Crippen LogP contribution in [-0.4, -0.2) is 16.6 Å². The van der Waals surface area contributed by atoms with E-state index in [2.05, 4.69) is 36.3 Å². The molecule has 0 saturated heterocycles. The average Bonchev–Trinajstić information content (AvgIpc) is 2.88. The van der Waals surface area contributed by atoms with E-state index in [0.717, 1.165) is 27.6 Å². The van der Waals surface area contributed by atoms with E-state index in [1.54, 1.807) is 0 Å². The van der Waals surface area contributed by atoms with E-state index >= 15 is 0 Å². The Morgan fingerprint density at radius 3 is 2.36 bits per heavy atom. The van der Waals surface area contributed by atoms with Gasteiger partial charge in [-0.2, -0.15) is 10.5 Å². The summed E-state index contributed by atoms with van der Waals surface area (Å²) in [5.74, 6) is 0.697. The predicted octanol–water partition coefficient (Wildman–Crippen LogP) is 6.47. The predicted molar refractivity (Wildman–Crippen MR) is 146 cm³/mol. The van der Waals surface area contributed by atoms with Crippen molar-refractivity contribution in [1.82, 2.24) is 4.98 Å². The Bertz CT molecular complexity index is 1510. The fourth-order valence-corrected chi connectivity index (χ4v) is 4.89. The number of carbonyl (C=O) groups is 1. The first kappa shape index (κ1) is 24.8. The van der Waals surface area contributed by atoms with Crippen molar-refractivity contribution in [1.29, 1.82) is 10.5 Å². The maximum Gasteiger partial charge on any atom is 0.225 e. The molecule has 0 atom stereocenters. The lowest BCUT2D eigenvalue weighted by molar-refractivity contribution is -0.115. The Hall–Kier alpha value is -4.33. The second kappa shape index (κ2) is 10.9. The molecule has 1 aromatic heterocycles. The molecule has 0 aliphatic rings. The lowest BCUT2D eigenvalue weighted by Gasteiger charge is -2.14. The van der Waals surface area contributed by atoms with Crippen molar-refractivity contribution in [2.45, 2.75) is 31.2 Å². The first-order chi connectivity index (χ1) is 17.4. The Kier molecular flexibility index (Phi) is 7.53. The quantitative estimate of drug-likeness (QED) is 0.286. The van der Waals surface area contributed by atoms with Crippen LogP contribution in [0.2, 0.25) is 0 Å². The van der Waals surface area contributed by atoms with Gasteiger partial charge in [0, 0.05) is 23.4 Å². The SMILES string of the molecule is CC(C)c1ccc(-c2c(C#N)c(N)nc(SCCC(=O)Nc3ccc4ccccc4c3)c2C#N)cc1. The number of nitriles is 2. The van der Waals surface area contributed by atoms with Gasteiger partial charge in [0.2, 0.25) is 5.91 Å². The fraction of sp³-hybridized carbons (Fsp3) is 0.172. The highest BCUT2D eigenvalue weighted by Gasteiger charge is 2.21. The Morgan fingerprint density at radius 1 is 1.00 bits per heavy atom. The third kappa shape index (κ3) is 5.33. The molecule has 0 aliphatic carbocycles. The number of nitrogen functional groups attached to an aromatic ring is 1. The molecule has 0 spiro atoms. The highest BCUT2D eigenvalue weighted by atomic mass is 32.2. The summed E-state index contributed by atoms with van der Waals surface area (Å²) in [7, 11) is 0. The molecular weight excluding hydrogens is 466 g/mol. The molecule has 0 aliphatic heterocycles. The summed E-state index contributed by atoms with van der Waals surface area (Å²) in [6.45, 7) is 4.21. The third-order valence-electron chi connectivity index (χ3n) is 5.88. The van der Waals surface area contributed by atoms with Crippen molar-refractivity contribution < 1.29 is 4.79 Å². The minimum Gasteiger partial charge on any atom is -0.383 e. The number of nitrogens with two attached hydrogens (primary N) is 1. The third-order valence-corrected chi connectivity index (χ3v) is 6.86. The number of hydrogen-bond donors (Lipinski definition) is 2. The van der Waals surface area contributed by atoms with Crippen LogP contribution in [0.25, 0.3) is 21.9 Å². The molecule has 7 heteroatoms. The number of nitrogens with zero attached hydrogens (tertiary/aromatic N) is 3. The van der Waals surface area contributed by atoms with Gasteiger partial charge in [-0.25, -0.2) is 4.98 Å². The molecule has 1 amide bonds. The molecule has 4 rings (SSSR count). The van der Waals surface area contributed by atoms with Crippen molar-refractivity contribution in [3.63, 3.8) is 0 Å². The monoisotopic (exact) mass is 491 g/mol. The summed E-state index contributed by atoms with van der Waals surface area (Å²) in [6, 6.07) is 25.8. The number of thioether (sulfide) groups is 1. The van der Waals surface area contributed by atoms with Gasteiger partial charge in [0.05, 0.1) is 5.56 Å². The van der Waals surface area contributed by atoms with Gasteiger partial charge < -0.3 is 11.1 Å². The smallest absolute Gasteiger partial charge is 0.225 e. The lowest BCUT2D eigenvalue weighted by Crippen LogP contribution is -2.12. The summed E-state index contributed by atoms with van der Waals surface area (Å²) in [5, 5.41) is 25.2. The van der Waals surface area contributed by atoms with Crippen LogP contribution in [0.15, 0.2) is 71.8 Å². The number of benzene rings is 3. The molecule has 6 nitrogen and oxygen atoms in total. The number of nitrogens with one attached hydrogen (secondary N) is 1. The maximum atomic E-state index is 12.6. The standard InChI is InChI=1S/C29H25N5OS/c1-18(2)19-7-9-21(10-8-19)27-24(16-30)28(32)34-29(25(27)17-31)36-14-13-26(35)33-23-12-11-20-5-3-4-6-22(20)15-23/h3-12,15,18H,13-14H2,1-2H3,(H2,32,34)(H,33,35). The second-order valence-electron chi connectivity index (χ2n) is 8.64. The molecule has 4 aromatic rings. The molecule has 36 heavy (non-hydrogen) atoms. The number of hydrogen-bond acceptors (Lipinski definition) is 6. The number of rotatable bonds is 7. The van der Waals surface area contributed by atoms with Gasteiger partial charge in [0.25, 0.3) is 0 Å². The van der Waals surface area contributed by atoms with Gasteiger partial charge in [-0.3, -0.25) is 4.79 Å². The minimum atomic E-state index is -0.137. The van der Waals surface area contributed by atoms with Gasteiger partial charge in [-0.15, -0.1) is 11.8 Å².